The first-order chi connectivity index (χ1) is 10.7. The molecule has 0 aliphatic heterocycles. The van der Waals surface area contributed by atoms with E-state index in [1.165, 1.54) is 6.33 Å². The number of anilines is 1. The van der Waals surface area contributed by atoms with E-state index in [1.807, 2.05) is 32.1 Å². The van der Waals surface area contributed by atoms with Gasteiger partial charge in [-0.3, -0.25) is 4.79 Å². The lowest BCUT2D eigenvalue weighted by Gasteiger charge is -2.09. The molecule has 4 nitrogen and oxygen atoms in total. The van der Waals surface area contributed by atoms with Crippen LogP contribution in [0.5, 0.6) is 0 Å². The average molecular weight is 291 g/mol. The molecule has 0 fully saturated rings. The quantitative estimate of drug-likeness (QED) is 0.403. The summed E-state index contributed by atoms with van der Waals surface area (Å²) in [5.41, 5.74) is 2.23. The predicted octanol–water partition coefficient (Wildman–Crippen LogP) is 3.73. The maximum atomic E-state index is 11.9. The Morgan fingerprint density at radius 2 is 2.09 bits per heavy atom. The minimum absolute atomic E-state index is 0.209. The Hall–Kier alpha value is -2.93. The van der Waals surface area contributed by atoms with E-state index >= 15 is 0 Å². The summed E-state index contributed by atoms with van der Waals surface area (Å²) in [4.78, 5) is 20.4. The summed E-state index contributed by atoms with van der Waals surface area (Å²) in [6.07, 6.45) is 7.34. The maximum Gasteiger partial charge on any atom is 0.235 e. The summed E-state index contributed by atoms with van der Waals surface area (Å²) in [6, 6.07) is 5.30. The molecule has 110 valence electrons. The van der Waals surface area contributed by atoms with Crippen molar-refractivity contribution in [3.63, 3.8) is 0 Å². The van der Waals surface area contributed by atoms with Gasteiger partial charge in [0.25, 0.3) is 0 Å². The minimum atomic E-state index is -0.209. The smallest absolute Gasteiger partial charge is 0.235 e. The average Bonchev–Trinajstić information content (AvgIpc) is 2.54. The molecule has 0 saturated carbocycles. The van der Waals surface area contributed by atoms with Crippen molar-refractivity contribution in [3.8, 4) is 11.8 Å². The number of fused-ring (bicyclic) bond motifs is 1. The molecule has 1 aromatic heterocycles. The molecule has 2 aromatic rings. The van der Waals surface area contributed by atoms with E-state index in [9.17, 15) is 4.79 Å². The van der Waals surface area contributed by atoms with Crippen molar-refractivity contribution in [1.29, 1.82) is 0 Å². The molecule has 22 heavy (non-hydrogen) atoms. The van der Waals surface area contributed by atoms with Gasteiger partial charge in [0.1, 0.15) is 12.1 Å². The molecule has 2 rings (SSSR count). The lowest BCUT2D eigenvalue weighted by atomic mass is 10.1. The molecule has 1 heterocycles. The molecule has 0 radical (unpaired) electrons. The van der Waals surface area contributed by atoms with Crippen LogP contribution >= 0.6 is 0 Å². The molecule has 0 aliphatic rings. The Labute approximate surface area is 130 Å². The molecular formula is C18H17N3O. The molecule has 0 spiro atoms. The van der Waals surface area contributed by atoms with Crippen molar-refractivity contribution >= 4 is 22.5 Å². The zero-order valence-corrected chi connectivity index (χ0v) is 12.8. The number of ketones is 1. The molecular weight excluding hydrogens is 274 g/mol. The van der Waals surface area contributed by atoms with E-state index in [4.69, 9.17) is 0 Å². The van der Waals surface area contributed by atoms with Crippen LogP contribution in [0.2, 0.25) is 0 Å². The number of hydrogen-bond donors (Lipinski definition) is 1. The van der Waals surface area contributed by atoms with E-state index in [-0.39, 0.29) is 5.78 Å². The third kappa shape index (κ3) is 3.39. The van der Waals surface area contributed by atoms with Gasteiger partial charge in [0.05, 0.1) is 5.52 Å². The van der Waals surface area contributed by atoms with Crippen LogP contribution in [0, 0.1) is 11.8 Å². The summed E-state index contributed by atoms with van der Waals surface area (Å²) < 4.78 is 0. The Balaban J connectivity index is 2.52. The highest BCUT2D eigenvalue weighted by Crippen LogP contribution is 2.22. The standard InChI is InChI=1S/C18H17N3O/c1-4-7-14(6-3)21-18-15-11-13(17(22)8-5-2)9-10-16(15)19-12-20-18/h4,6-7,9-12H,1-3H3,(H,19,20,21)/b7-4-,14-6+. The number of aromatic nitrogens is 2. The van der Waals surface area contributed by atoms with Crippen LogP contribution in [0.15, 0.2) is 48.5 Å². The van der Waals surface area contributed by atoms with Crippen molar-refractivity contribution < 1.29 is 4.79 Å². The third-order valence-electron chi connectivity index (χ3n) is 3.06. The number of Topliss-reactive ketones (excluding diaryl/α,β-unsaturated/α-hetero) is 1. The number of nitrogens with zero attached hydrogens (tertiary/aromatic N) is 2. The van der Waals surface area contributed by atoms with Gasteiger partial charge in [-0.2, -0.15) is 0 Å². The lowest BCUT2D eigenvalue weighted by Crippen LogP contribution is -2.02. The minimum Gasteiger partial charge on any atom is -0.340 e. The van der Waals surface area contributed by atoms with Crippen LogP contribution in [0.4, 0.5) is 5.82 Å². The van der Waals surface area contributed by atoms with E-state index in [0.29, 0.717) is 11.4 Å². The predicted molar refractivity (Wildman–Crippen MR) is 89.5 cm³/mol. The Morgan fingerprint density at radius 1 is 1.27 bits per heavy atom. The molecule has 0 bridgehead atoms. The molecule has 0 aliphatic carbocycles. The maximum absolute atomic E-state index is 11.9. The second-order valence-corrected chi connectivity index (χ2v) is 4.53. The second-order valence-electron chi connectivity index (χ2n) is 4.53. The van der Waals surface area contributed by atoms with Gasteiger partial charge in [0.2, 0.25) is 5.78 Å². The largest absolute Gasteiger partial charge is 0.340 e. The van der Waals surface area contributed by atoms with Crippen molar-refractivity contribution in [1.82, 2.24) is 9.97 Å². The zero-order chi connectivity index (χ0) is 15.9. The topological polar surface area (TPSA) is 54.9 Å². The van der Waals surface area contributed by atoms with Gasteiger partial charge < -0.3 is 5.32 Å². The number of nitrogens with one attached hydrogen (secondary N) is 1. The molecule has 0 atom stereocenters. The molecule has 0 unspecified atom stereocenters. The highest BCUT2D eigenvalue weighted by atomic mass is 16.1. The Morgan fingerprint density at radius 3 is 2.77 bits per heavy atom. The summed E-state index contributed by atoms with van der Waals surface area (Å²) in [6.45, 7) is 5.53. The van der Waals surface area contributed by atoms with Crippen LogP contribution in [0.1, 0.15) is 31.1 Å². The van der Waals surface area contributed by atoms with Gasteiger partial charge in [-0.05, 0) is 51.0 Å². The van der Waals surface area contributed by atoms with Gasteiger partial charge in [0, 0.05) is 16.6 Å². The summed E-state index contributed by atoms with van der Waals surface area (Å²) in [5.74, 6) is 5.62. The van der Waals surface area contributed by atoms with E-state index < -0.39 is 0 Å². The molecule has 4 heteroatoms. The van der Waals surface area contributed by atoms with Crippen molar-refractivity contribution in [2.45, 2.75) is 20.8 Å². The summed E-state index contributed by atoms with van der Waals surface area (Å²) in [7, 11) is 0. The number of carbonyl (C=O) groups excluding carboxylic acids is 1. The van der Waals surface area contributed by atoms with Crippen molar-refractivity contribution in [2.24, 2.45) is 0 Å². The monoisotopic (exact) mass is 291 g/mol. The zero-order valence-electron chi connectivity index (χ0n) is 12.8. The Bertz CT molecular complexity index is 823. The number of carbonyl (C=O) groups is 1. The van der Waals surface area contributed by atoms with Gasteiger partial charge in [-0.15, -0.1) is 0 Å². The Kier molecular flexibility index (Phi) is 5.05. The highest BCUT2D eigenvalue weighted by Gasteiger charge is 2.08. The van der Waals surface area contributed by atoms with Crippen LogP contribution in [-0.4, -0.2) is 15.8 Å². The fourth-order valence-electron chi connectivity index (χ4n) is 2.01. The number of benzene rings is 1. The fourth-order valence-corrected chi connectivity index (χ4v) is 2.01. The fraction of sp³-hybridized carbons (Fsp3) is 0.167. The van der Waals surface area contributed by atoms with Crippen LogP contribution in [0.3, 0.4) is 0 Å². The second kappa shape index (κ2) is 7.19. The number of rotatable bonds is 4. The normalized spacial score (nSPS) is 11.3. The SMILES string of the molecule is CC#CC(=O)c1ccc2ncnc(NC(/C=C\C)=C/C)c2c1. The summed E-state index contributed by atoms with van der Waals surface area (Å²) in [5, 5.41) is 4.03. The van der Waals surface area contributed by atoms with Crippen LogP contribution < -0.4 is 5.32 Å². The van der Waals surface area contributed by atoms with E-state index in [0.717, 1.165) is 16.6 Å². The van der Waals surface area contributed by atoms with Gasteiger partial charge in [-0.25, -0.2) is 9.97 Å². The van der Waals surface area contributed by atoms with Gasteiger partial charge in [-0.1, -0.05) is 18.1 Å². The summed E-state index contributed by atoms with van der Waals surface area (Å²) >= 11 is 0. The van der Waals surface area contributed by atoms with E-state index in [1.54, 1.807) is 25.1 Å². The molecule has 1 aromatic carbocycles. The van der Waals surface area contributed by atoms with E-state index in [2.05, 4.69) is 27.1 Å². The van der Waals surface area contributed by atoms with Crippen molar-refractivity contribution in [3.05, 3.63) is 54.0 Å². The third-order valence-corrected chi connectivity index (χ3v) is 3.06. The lowest BCUT2D eigenvalue weighted by molar-refractivity contribution is 0.105. The van der Waals surface area contributed by atoms with Crippen LogP contribution in [-0.2, 0) is 0 Å². The molecule has 0 saturated heterocycles. The first kappa shape index (κ1) is 15.5. The van der Waals surface area contributed by atoms with Gasteiger partial charge >= 0.3 is 0 Å². The number of allylic oxidation sites excluding steroid dienone is 3. The highest BCUT2D eigenvalue weighted by molar-refractivity contribution is 6.11. The number of hydrogen-bond acceptors (Lipinski definition) is 4. The first-order valence-electron chi connectivity index (χ1n) is 6.97. The molecule has 0 amide bonds. The van der Waals surface area contributed by atoms with Crippen molar-refractivity contribution in [2.75, 3.05) is 5.32 Å². The molecule has 1 N–H and O–H groups in total. The van der Waals surface area contributed by atoms with Crippen LogP contribution in [0.25, 0.3) is 10.9 Å². The first-order valence-corrected chi connectivity index (χ1v) is 6.97. The van der Waals surface area contributed by atoms with Gasteiger partial charge in [0.15, 0.2) is 0 Å².